The molecule has 0 saturated heterocycles. The molecule has 0 aromatic carbocycles. The smallest absolute Gasteiger partial charge is 0.158 e. The van der Waals surface area contributed by atoms with E-state index < -0.39 is 0 Å². The van der Waals surface area contributed by atoms with E-state index in [1.54, 1.807) is 0 Å². The van der Waals surface area contributed by atoms with Gasteiger partial charge in [0, 0.05) is 38.6 Å². The normalized spacial score (nSPS) is 12.7. The molecule has 0 aromatic heterocycles. The molecular weight excluding hydrogens is 190 g/mol. The number of hydrogen-bond donors (Lipinski definition) is 1. The highest BCUT2D eigenvalue weighted by Gasteiger charge is 2.07. The Kier molecular flexibility index (Phi) is 9.60. The summed E-state index contributed by atoms with van der Waals surface area (Å²) in [6.07, 6.45) is 6.74. The lowest BCUT2D eigenvalue weighted by Crippen LogP contribution is -2.30. The first-order valence-electron chi connectivity index (χ1n) is 5.64. The van der Waals surface area contributed by atoms with Crippen LogP contribution in [0.4, 0.5) is 0 Å². The zero-order valence-electron chi connectivity index (χ0n) is 10.1. The standard InChI is InChI=1S/C12H23NO2/c1-5-8-11(4)13-10-9-12(14-6-2)15-7-3/h1,11-13H,6-10H2,2-4H3. The lowest BCUT2D eigenvalue weighted by molar-refractivity contribution is -0.138. The molecule has 0 saturated carbocycles. The fraction of sp³-hybridized carbons (Fsp3) is 0.833. The average molecular weight is 213 g/mol. The van der Waals surface area contributed by atoms with E-state index in [9.17, 15) is 0 Å². The van der Waals surface area contributed by atoms with Crippen LogP contribution in [-0.2, 0) is 9.47 Å². The van der Waals surface area contributed by atoms with Gasteiger partial charge in [-0.3, -0.25) is 0 Å². The second kappa shape index (κ2) is 9.97. The molecule has 0 heterocycles. The van der Waals surface area contributed by atoms with Crippen LogP contribution in [0.3, 0.4) is 0 Å². The highest BCUT2D eigenvalue weighted by molar-refractivity contribution is 4.87. The maximum Gasteiger partial charge on any atom is 0.158 e. The summed E-state index contributed by atoms with van der Waals surface area (Å²) < 4.78 is 10.8. The number of ether oxygens (including phenoxy) is 2. The van der Waals surface area contributed by atoms with Crippen molar-refractivity contribution in [2.24, 2.45) is 0 Å². The fourth-order valence-electron chi connectivity index (χ4n) is 1.28. The van der Waals surface area contributed by atoms with E-state index >= 15 is 0 Å². The summed E-state index contributed by atoms with van der Waals surface area (Å²) in [5.74, 6) is 2.63. The molecule has 0 rings (SSSR count). The SMILES string of the molecule is C#CCC(C)NCCC(OCC)OCC. The van der Waals surface area contributed by atoms with Crippen molar-refractivity contribution >= 4 is 0 Å². The van der Waals surface area contributed by atoms with Crippen LogP contribution >= 0.6 is 0 Å². The predicted molar refractivity (Wildman–Crippen MR) is 62.6 cm³/mol. The first-order valence-corrected chi connectivity index (χ1v) is 5.64. The second-order valence-electron chi connectivity index (χ2n) is 3.39. The number of rotatable bonds is 9. The van der Waals surface area contributed by atoms with Crippen LogP contribution in [0.2, 0.25) is 0 Å². The summed E-state index contributed by atoms with van der Waals surface area (Å²) in [5, 5.41) is 3.33. The third-order valence-corrected chi connectivity index (χ3v) is 2.00. The molecule has 0 bridgehead atoms. The van der Waals surface area contributed by atoms with Crippen LogP contribution in [0.1, 0.15) is 33.6 Å². The Hall–Kier alpha value is -0.560. The van der Waals surface area contributed by atoms with Gasteiger partial charge in [0.15, 0.2) is 6.29 Å². The van der Waals surface area contributed by atoms with Crippen molar-refractivity contribution in [2.75, 3.05) is 19.8 Å². The molecule has 3 nitrogen and oxygen atoms in total. The molecule has 0 amide bonds. The van der Waals surface area contributed by atoms with E-state index in [4.69, 9.17) is 15.9 Å². The molecule has 3 heteroatoms. The van der Waals surface area contributed by atoms with Crippen molar-refractivity contribution in [3.8, 4) is 12.3 Å². The topological polar surface area (TPSA) is 30.5 Å². The van der Waals surface area contributed by atoms with E-state index in [1.165, 1.54) is 0 Å². The molecule has 0 aliphatic rings. The maximum absolute atomic E-state index is 5.42. The van der Waals surface area contributed by atoms with Crippen molar-refractivity contribution in [3.05, 3.63) is 0 Å². The van der Waals surface area contributed by atoms with Gasteiger partial charge in [-0.15, -0.1) is 12.3 Å². The van der Waals surface area contributed by atoms with Crippen molar-refractivity contribution in [1.29, 1.82) is 0 Å². The first kappa shape index (κ1) is 14.4. The largest absolute Gasteiger partial charge is 0.353 e. The highest BCUT2D eigenvalue weighted by Crippen LogP contribution is 2.00. The molecule has 0 radical (unpaired) electrons. The van der Waals surface area contributed by atoms with Gasteiger partial charge in [-0.05, 0) is 20.8 Å². The quantitative estimate of drug-likeness (QED) is 0.468. The highest BCUT2D eigenvalue weighted by atomic mass is 16.7. The Balaban J connectivity index is 3.56. The summed E-state index contributed by atoms with van der Waals surface area (Å²) >= 11 is 0. The molecule has 0 spiro atoms. The molecule has 0 aliphatic heterocycles. The zero-order valence-corrected chi connectivity index (χ0v) is 10.1. The van der Waals surface area contributed by atoms with Crippen molar-refractivity contribution in [1.82, 2.24) is 5.32 Å². The van der Waals surface area contributed by atoms with Gasteiger partial charge in [0.1, 0.15) is 0 Å². The summed E-state index contributed by atoms with van der Waals surface area (Å²) in [4.78, 5) is 0. The van der Waals surface area contributed by atoms with E-state index in [0.717, 1.165) is 19.4 Å². The van der Waals surface area contributed by atoms with Gasteiger partial charge in [0.2, 0.25) is 0 Å². The Morgan fingerprint density at radius 1 is 1.27 bits per heavy atom. The first-order chi connectivity index (χ1) is 7.24. The van der Waals surface area contributed by atoms with Crippen molar-refractivity contribution in [2.45, 2.75) is 45.9 Å². The maximum atomic E-state index is 5.42. The van der Waals surface area contributed by atoms with Gasteiger partial charge in [0.05, 0.1) is 0 Å². The van der Waals surface area contributed by atoms with Crippen LogP contribution in [0.5, 0.6) is 0 Å². The predicted octanol–water partition coefficient (Wildman–Crippen LogP) is 1.78. The molecular formula is C12H23NO2. The number of terminal acetylenes is 1. The molecule has 0 aliphatic carbocycles. The summed E-state index contributed by atoms with van der Waals surface area (Å²) in [6.45, 7) is 8.26. The van der Waals surface area contributed by atoms with E-state index in [1.807, 2.05) is 13.8 Å². The van der Waals surface area contributed by atoms with E-state index in [-0.39, 0.29) is 6.29 Å². The van der Waals surface area contributed by atoms with E-state index in [2.05, 4.69) is 18.2 Å². The molecule has 1 unspecified atom stereocenters. The summed E-state index contributed by atoms with van der Waals surface area (Å²) in [5.41, 5.74) is 0. The average Bonchev–Trinajstić information content (AvgIpc) is 2.19. The van der Waals surface area contributed by atoms with Gasteiger partial charge in [-0.2, -0.15) is 0 Å². The van der Waals surface area contributed by atoms with Crippen LogP contribution < -0.4 is 5.32 Å². The van der Waals surface area contributed by atoms with Gasteiger partial charge in [0.25, 0.3) is 0 Å². The third kappa shape index (κ3) is 8.44. The molecule has 1 atom stereocenters. The molecule has 15 heavy (non-hydrogen) atoms. The van der Waals surface area contributed by atoms with Crippen LogP contribution in [0.25, 0.3) is 0 Å². The summed E-state index contributed by atoms with van der Waals surface area (Å²) in [6, 6.07) is 0.360. The van der Waals surface area contributed by atoms with Crippen LogP contribution in [-0.4, -0.2) is 32.1 Å². The third-order valence-electron chi connectivity index (χ3n) is 2.00. The minimum Gasteiger partial charge on any atom is -0.353 e. The lowest BCUT2D eigenvalue weighted by Gasteiger charge is -2.18. The molecule has 0 aromatic rings. The molecule has 88 valence electrons. The van der Waals surface area contributed by atoms with Crippen molar-refractivity contribution in [3.63, 3.8) is 0 Å². The fourth-order valence-corrected chi connectivity index (χ4v) is 1.28. The summed E-state index contributed by atoms with van der Waals surface area (Å²) in [7, 11) is 0. The Morgan fingerprint density at radius 3 is 2.33 bits per heavy atom. The van der Waals surface area contributed by atoms with Crippen LogP contribution in [0.15, 0.2) is 0 Å². The Labute approximate surface area is 93.5 Å². The minimum atomic E-state index is -0.0921. The van der Waals surface area contributed by atoms with Gasteiger partial charge in [-0.1, -0.05) is 0 Å². The molecule has 0 fully saturated rings. The monoisotopic (exact) mass is 213 g/mol. The van der Waals surface area contributed by atoms with Gasteiger partial charge < -0.3 is 14.8 Å². The Morgan fingerprint density at radius 2 is 1.87 bits per heavy atom. The number of nitrogens with one attached hydrogen (secondary N) is 1. The van der Waals surface area contributed by atoms with Gasteiger partial charge in [-0.25, -0.2) is 0 Å². The lowest BCUT2D eigenvalue weighted by atomic mass is 10.2. The zero-order chi connectivity index (χ0) is 11.5. The van der Waals surface area contributed by atoms with Crippen molar-refractivity contribution < 1.29 is 9.47 Å². The van der Waals surface area contributed by atoms with Crippen LogP contribution in [0, 0.1) is 12.3 Å². The number of hydrogen-bond acceptors (Lipinski definition) is 3. The minimum absolute atomic E-state index is 0.0921. The molecule has 1 N–H and O–H groups in total. The van der Waals surface area contributed by atoms with E-state index in [0.29, 0.717) is 19.3 Å². The second-order valence-corrected chi connectivity index (χ2v) is 3.39. The van der Waals surface area contributed by atoms with Gasteiger partial charge >= 0.3 is 0 Å². The Bertz CT molecular complexity index is 171.